The number of carbonyl (C=O) groups is 1. The number of likely N-dealkylation sites (N-methyl/N-ethyl adjacent to an activating group) is 1. The molecule has 0 aromatic heterocycles. The monoisotopic (exact) mass is 522 g/mol. The molecule has 35 heavy (non-hydrogen) atoms. The highest BCUT2D eigenvalue weighted by Gasteiger charge is 2.65. The molecule has 0 bridgehead atoms. The second-order valence-corrected chi connectivity index (χ2v) is 10.7. The summed E-state index contributed by atoms with van der Waals surface area (Å²) >= 11 is 0. The molecular formula is C26H39F5N2OS. The minimum atomic E-state index is -9.45. The van der Waals surface area contributed by atoms with Crippen LogP contribution in [0.5, 0.6) is 0 Å². The van der Waals surface area contributed by atoms with E-state index in [1.807, 2.05) is 7.05 Å². The Morgan fingerprint density at radius 3 is 2.11 bits per heavy atom. The third-order valence-corrected chi connectivity index (χ3v) is 6.45. The average Bonchev–Trinajstić information content (AvgIpc) is 2.77. The topological polar surface area (TPSA) is 41.1 Å². The predicted octanol–water partition coefficient (Wildman–Crippen LogP) is 8.41. The number of unbranched alkanes of at least 4 members (excludes halogenated alkanes) is 1. The summed E-state index contributed by atoms with van der Waals surface area (Å²) in [6.07, 6.45) is 11.0. The zero-order valence-corrected chi connectivity index (χ0v) is 22.0. The van der Waals surface area contributed by atoms with Crippen LogP contribution >= 0.6 is 10.2 Å². The van der Waals surface area contributed by atoms with Crippen LogP contribution in [0.3, 0.4) is 0 Å². The first-order valence-corrected chi connectivity index (χ1v) is 13.4. The molecule has 0 saturated carbocycles. The van der Waals surface area contributed by atoms with Gasteiger partial charge >= 0.3 is 10.2 Å². The fourth-order valence-corrected chi connectivity index (χ4v) is 3.56. The summed E-state index contributed by atoms with van der Waals surface area (Å²) in [5.74, 6) is 0.273. The van der Waals surface area contributed by atoms with Gasteiger partial charge in [-0.25, -0.2) is 0 Å². The minimum absolute atomic E-state index is 0.0173. The van der Waals surface area contributed by atoms with Crippen molar-refractivity contribution in [3.8, 4) is 0 Å². The summed E-state index contributed by atoms with van der Waals surface area (Å²) in [7, 11) is -7.57. The molecule has 0 radical (unpaired) electrons. The maximum atomic E-state index is 12.1. The second kappa shape index (κ2) is 13.1. The van der Waals surface area contributed by atoms with Gasteiger partial charge in [0.05, 0.1) is 0 Å². The van der Waals surface area contributed by atoms with Gasteiger partial charge in [0.25, 0.3) is 0 Å². The summed E-state index contributed by atoms with van der Waals surface area (Å²) in [4.78, 5) is 9.50. The van der Waals surface area contributed by atoms with E-state index in [2.05, 4.69) is 62.8 Å². The molecule has 1 aromatic carbocycles. The van der Waals surface area contributed by atoms with Gasteiger partial charge in [-0.05, 0) is 62.1 Å². The molecule has 200 valence electrons. The smallest absolute Gasteiger partial charge is 0.310 e. The highest BCUT2D eigenvalue weighted by molar-refractivity contribution is 8.45. The van der Waals surface area contributed by atoms with Crippen LogP contribution in [0.4, 0.5) is 19.4 Å². The van der Waals surface area contributed by atoms with Crippen molar-refractivity contribution in [3.05, 3.63) is 78.4 Å². The summed E-state index contributed by atoms with van der Waals surface area (Å²) in [5.41, 5.74) is 2.77. The van der Waals surface area contributed by atoms with Crippen molar-refractivity contribution in [3.63, 3.8) is 0 Å². The van der Waals surface area contributed by atoms with Crippen LogP contribution in [-0.4, -0.2) is 25.5 Å². The summed E-state index contributed by atoms with van der Waals surface area (Å²) in [6, 6.07) is 2.83. The van der Waals surface area contributed by atoms with E-state index in [0.29, 0.717) is 30.2 Å². The van der Waals surface area contributed by atoms with Crippen molar-refractivity contribution in [2.24, 2.45) is 5.92 Å². The predicted molar refractivity (Wildman–Crippen MR) is 139 cm³/mol. The van der Waals surface area contributed by atoms with Crippen LogP contribution in [0.15, 0.2) is 77.8 Å². The van der Waals surface area contributed by atoms with Crippen molar-refractivity contribution in [2.45, 2.75) is 57.9 Å². The number of amides is 1. The van der Waals surface area contributed by atoms with Gasteiger partial charge in [0, 0.05) is 12.6 Å². The van der Waals surface area contributed by atoms with E-state index in [1.165, 1.54) is 18.6 Å². The summed E-state index contributed by atoms with van der Waals surface area (Å²) in [5, 5.41) is 6.06. The molecule has 0 spiro atoms. The van der Waals surface area contributed by atoms with Crippen molar-refractivity contribution in [2.75, 3.05) is 13.6 Å². The maximum Gasteiger partial charge on any atom is 0.310 e. The lowest BCUT2D eigenvalue weighted by Gasteiger charge is -2.40. The number of halogens is 5. The van der Waals surface area contributed by atoms with Gasteiger partial charge in [-0.2, -0.15) is 0 Å². The van der Waals surface area contributed by atoms with E-state index in [-0.39, 0.29) is 11.9 Å². The molecule has 0 aliphatic rings. The van der Waals surface area contributed by atoms with E-state index in [0.717, 1.165) is 37.0 Å². The Morgan fingerprint density at radius 2 is 1.69 bits per heavy atom. The maximum absolute atomic E-state index is 12.1. The van der Waals surface area contributed by atoms with Crippen LogP contribution < -0.4 is 10.6 Å². The minimum Gasteiger partial charge on any atom is -0.351 e. The first kappa shape index (κ1) is 32.6. The Morgan fingerprint density at radius 1 is 1.11 bits per heavy atom. The van der Waals surface area contributed by atoms with Crippen LogP contribution in [0.1, 0.15) is 45.6 Å². The number of nitrogens with one attached hydrogen (secondary N) is 2. The van der Waals surface area contributed by atoms with Gasteiger partial charge in [-0.15, -0.1) is 0 Å². The highest BCUT2D eigenvalue weighted by Crippen LogP contribution is 3.02. The Kier molecular flexibility index (Phi) is 12.2. The van der Waals surface area contributed by atoms with Gasteiger partial charge in [0.15, 0.2) is 0 Å². The standard InChI is InChI=1S/C19H32N2O.C7H7F5S/c1-7-10-11-12-13-17(15(4)8-2)16(5)18(20-6)14-21-19(22)9-3;1-6-2-4-7(5-3-6)13(8,9,10,11)12/h9,11-13,15,18,20H,3,5,7-8,10,14H2,1-2,4,6H3,(H,21,22);2-5H,1H3/b12-11-,17-13-;. The molecule has 2 unspecified atom stereocenters. The molecular weight excluding hydrogens is 483 g/mol. The van der Waals surface area contributed by atoms with E-state index < -0.39 is 15.1 Å². The Hall–Kier alpha value is -2.39. The highest BCUT2D eigenvalue weighted by atomic mass is 32.5. The number of rotatable bonds is 12. The largest absolute Gasteiger partial charge is 0.351 e. The number of benzene rings is 1. The Labute approximate surface area is 207 Å². The quantitative estimate of drug-likeness (QED) is 0.164. The van der Waals surface area contributed by atoms with Gasteiger partial charge < -0.3 is 10.6 Å². The molecule has 9 heteroatoms. The molecule has 2 N–H and O–H groups in total. The van der Waals surface area contributed by atoms with Crippen molar-refractivity contribution >= 4 is 16.1 Å². The van der Waals surface area contributed by atoms with Crippen molar-refractivity contribution < 1.29 is 24.2 Å². The fraction of sp³-hybridized carbons (Fsp3) is 0.423. The first-order chi connectivity index (χ1) is 16.0. The number of allylic oxidation sites excluding steroid dienone is 3. The number of carbonyl (C=O) groups excluding carboxylic acids is 1. The molecule has 0 aliphatic carbocycles. The molecule has 0 saturated heterocycles. The fourth-order valence-electron chi connectivity index (χ4n) is 2.91. The molecule has 1 rings (SSSR count). The second-order valence-electron chi connectivity index (χ2n) is 8.25. The SMILES string of the molecule is C=CC(=O)NCC(NC)C(=C)/C(=C\C=C/CCC)C(C)CC.Cc1ccc(S(F)(F)(F)(F)F)cc1. The van der Waals surface area contributed by atoms with E-state index in [1.54, 1.807) is 0 Å². The number of aryl methyl sites for hydroxylation is 1. The van der Waals surface area contributed by atoms with Gasteiger partial charge in [-0.3, -0.25) is 4.79 Å². The zero-order chi connectivity index (χ0) is 27.3. The molecule has 1 amide bonds. The number of hydrogen-bond donors (Lipinski definition) is 2. The van der Waals surface area contributed by atoms with Crippen LogP contribution in [0, 0.1) is 12.8 Å². The normalized spacial score (nSPS) is 15.8. The van der Waals surface area contributed by atoms with Gasteiger partial charge in [0.1, 0.15) is 4.90 Å². The van der Waals surface area contributed by atoms with Crippen LogP contribution in [0.2, 0.25) is 0 Å². The lowest BCUT2D eigenvalue weighted by atomic mass is 9.88. The van der Waals surface area contributed by atoms with Crippen molar-refractivity contribution in [1.82, 2.24) is 10.6 Å². The molecule has 0 fully saturated rings. The first-order valence-electron chi connectivity index (χ1n) is 11.4. The Bertz CT molecular complexity index is 907. The average molecular weight is 523 g/mol. The molecule has 0 heterocycles. The van der Waals surface area contributed by atoms with Gasteiger partial charge in [0.2, 0.25) is 5.91 Å². The van der Waals surface area contributed by atoms with Gasteiger partial charge in [-0.1, -0.05) is 95.7 Å². The molecule has 2 atom stereocenters. The van der Waals surface area contributed by atoms with Crippen LogP contribution in [-0.2, 0) is 4.79 Å². The lowest BCUT2D eigenvalue weighted by Crippen LogP contribution is -2.40. The third kappa shape index (κ3) is 12.8. The third-order valence-electron chi connectivity index (χ3n) is 5.28. The van der Waals surface area contributed by atoms with E-state index in [9.17, 15) is 24.2 Å². The summed E-state index contributed by atoms with van der Waals surface area (Å²) < 4.78 is 60.4. The van der Waals surface area contributed by atoms with Crippen molar-refractivity contribution in [1.29, 1.82) is 0 Å². The summed E-state index contributed by atoms with van der Waals surface area (Å²) in [6.45, 7) is 16.3. The zero-order valence-electron chi connectivity index (χ0n) is 21.2. The van der Waals surface area contributed by atoms with E-state index in [4.69, 9.17) is 0 Å². The van der Waals surface area contributed by atoms with E-state index >= 15 is 0 Å². The lowest BCUT2D eigenvalue weighted by molar-refractivity contribution is -0.116. The molecule has 0 aliphatic heterocycles. The Balaban J connectivity index is 0.000000750. The van der Waals surface area contributed by atoms with Crippen LogP contribution in [0.25, 0.3) is 0 Å². The molecule has 1 aromatic rings. The molecule has 3 nitrogen and oxygen atoms in total. The number of hydrogen-bond acceptors (Lipinski definition) is 2.